The lowest BCUT2D eigenvalue weighted by Gasteiger charge is -2.38. The summed E-state index contributed by atoms with van der Waals surface area (Å²) >= 11 is 0. The molecule has 2 aromatic rings. The van der Waals surface area contributed by atoms with Gasteiger partial charge in [0.2, 0.25) is 0 Å². The second-order valence-corrected chi connectivity index (χ2v) is 9.79. The Bertz CT molecular complexity index is 752. The molecule has 0 saturated carbocycles. The average Bonchev–Trinajstić information content (AvgIpc) is 3.02. The molecule has 1 aliphatic carbocycles. The van der Waals surface area contributed by atoms with Crippen LogP contribution in [0, 0.1) is 11.8 Å². The Labute approximate surface area is 190 Å². The second-order valence-electron chi connectivity index (χ2n) is 9.79. The predicted molar refractivity (Wildman–Crippen MR) is 133 cm³/mol. The van der Waals surface area contributed by atoms with Gasteiger partial charge in [-0.3, -0.25) is 4.90 Å². The topological polar surface area (TPSA) is 15.3 Å². The van der Waals surface area contributed by atoms with Gasteiger partial charge in [0.1, 0.15) is 0 Å². The van der Waals surface area contributed by atoms with Crippen molar-refractivity contribution in [2.75, 3.05) is 26.2 Å². The van der Waals surface area contributed by atoms with Crippen molar-refractivity contribution in [2.24, 2.45) is 11.8 Å². The van der Waals surface area contributed by atoms with E-state index in [1.165, 1.54) is 77.5 Å². The van der Waals surface area contributed by atoms with Crippen LogP contribution in [0.5, 0.6) is 0 Å². The first-order chi connectivity index (χ1) is 15.3. The number of fused-ring (bicyclic) bond motifs is 2. The van der Waals surface area contributed by atoms with Crippen LogP contribution >= 0.6 is 0 Å². The fourth-order valence-electron chi connectivity index (χ4n) is 5.80. The largest absolute Gasteiger partial charge is 0.317 e. The molecule has 0 bridgehead atoms. The van der Waals surface area contributed by atoms with Gasteiger partial charge in [-0.2, -0.15) is 0 Å². The minimum absolute atomic E-state index is 0.461. The number of hydrogen-bond acceptors (Lipinski definition) is 2. The molecular formula is C29H42N2. The standard InChI is InChI=1S/C22H27N.C7H15N/c1-2-17-13-15-23(16-14-17)22-20-9-5-3-7-18(20)11-12-19-8-4-6-10-21(19)22;1-2-7-3-5-8-6-4-7/h3-10,17,22H,2,11-16H2,1H3;7-8H,2-6H2,1H3. The molecule has 31 heavy (non-hydrogen) atoms. The SMILES string of the molecule is CCC1CCN(C2c3ccccc3CCc3ccccc32)CC1.CCC1CCNCC1. The lowest BCUT2D eigenvalue weighted by molar-refractivity contribution is 0.149. The maximum Gasteiger partial charge on any atom is 0.0607 e. The van der Waals surface area contributed by atoms with Crippen molar-refractivity contribution in [3.05, 3.63) is 70.8 Å². The van der Waals surface area contributed by atoms with Crippen molar-refractivity contribution in [1.29, 1.82) is 0 Å². The van der Waals surface area contributed by atoms with Gasteiger partial charge in [0, 0.05) is 0 Å². The van der Waals surface area contributed by atoms with Gasteiger partial charge >= 0.3 is 0 Å². The molecule has 2 fully saturated rings. The lowest BCUT2D eigenvalue weighted by Crippen LogP contribution is -2.37. The summed E-state index contributed by atoms with van der Waals surface area (Å²) in [5.74, 6) is 1.96. The van der Waals surface area contributed by atoms with Gasteiger partial charge in [0.25, 0.3) is 0 Å². The van der Waals surface area contributed by atoms with Gasteiger partial charge < -0.3 is 5.32 Å². The summed E-state index contributed by atoms with van der Waals surface area (Å²) in [6, 6.07) is 18.7. The maximum atomic E-state index is 3.35. The highest BCUT2D eigenvalue weighted by Gasteiger charge is 2.30. The minimum Gasteiger partial charge on any atom is -0.317 e. The molecule has 2 nitrogen and oxygen atoms in total. The zero-order valence-electron chi connectivity index (χ0n) is 19.8. The van der Waals surface area contributed by atoms with Crippen LogP contribution in [0.15, 0.2) is 48.5 Å². The van der Waals surface area contributed by atoms with Crippen LogP contribution in [-0.4, -0.2) is 31.1 Å². The highest BCUT2D eigenvalue weighted by molar-refractivity contribution is 5.44. The van der Waals surface area contributed by atoms with Crippen LogP contribution in [-0.2, 0) is 12.8 Å². The number of nitrogens with zero attached hydrogens (tertiary/aromatic N) is 1. The Morgan fingerprint density at radius 1 is 0.710 bits per heavy atom. The van der Waals surface area contributed by atoms with Crippen molar-refractivity contribution in [3.63, 3.8) is 0 Å². The zero-order valence-corrected chi connectivity index (χ0v) is 19.8. The summed E-state index contributed by atoms with van der Waals surface area (Å²) in [5, 5.41) is 3.35. The van der Waals surface area contributed by atoms with Crippen LogP contribution < -0.4 is 5.32 Å². The molecule has 1 N–H and O–H groups in total. The fraction of sp³-hybridized carbons (Fsp3) is 0.586. The molecule has 2 heterocycles. The summed E-state index contributed by atoms with van der Waals surface area (Å²) < 4.78 is 0. The van der Waals surface area contributed by atoms with Gasteiger partial charge in [0.15, 0.2) is 0 Å². The third kappa shape index (κ3) is 5.59. The molecule has 2 saturated heterocycles. The molecule has 2 aliphatic heterocycles. The summed E-state index contributed by atoms with van der Waals surface area (Å²) in [4.78, 5) is 2.75. The smallest absolute Gasteiger partial charge is 0.0607 e. The minimum atomic E-state index is 0.461. The van der Waals surface area contributed by atoms with E-state index in [4.69, 9.17) is 0 Å². The predicted octanol–water partition coefficient (Wildman–Crippen LogP) is 6.39. The summed E-state index contributed by atoms with van der Waals surface area (Å²) in [6.07, 6.45) is 10.6. The monoisotopic (exact) mass is 418 g/mol. The van der Waals surface area contributed by atoms with E-state index >= 15 is 0 Å². The number of nitrogens with one attached hydrogen (secondary N) is 1. The Kier molecular flexibility index (Phi) is 8.21. The van der Waals surface area contributed by atoms with E-state index in [-0.39, 0.29) is 0 Å². The van der Waals surface area contributed by atoms with Gasteiger partial charge in [-0.05, 0) is 98.8 Å². The summed E-state index contributed by atoms with van der Waals surface area (Å²) in [6.45, 7) is 9.61. The fourth-order valence-corrected chi connectivity index (χ4v) is 5.80. The molecule has 0 unspecified atom stereocenters. The molecule has 3 aliphatic rings. The Balaban J connectivity index is 0.000000245. The molecular weight excluding hydrogens is 376 g/mol. The summed E-state index contributed by atoms with van der Waals surface area (Å²) in [5.41, 5.74) is 6.19. The van der Waals surface area contributed by atoms with Crippen molar-refractivity contribution < 1.29 is 0 Å². The van der Waals surface area contributed by atoms with Gasteiger partial charge in [-0.1, -0.05) is 75.2 Å². The van der Waals surface area contributed by atoms with E-state index in [0.29, 0.717) is 6.04 Å². The third-order valence-electron chi connectivity index (χ3n) is 7.99. The number of rotatable bonds is 3. The summed E-state index contributed by atoms with van der Waals surface area (Å²) in [7, 11) is 0. The first-order valence-electron chi connectivity index (χ1n) is 12.9. The van der Waals surface area contributed by atoms with Crippen LogP contribution in [0.4, 0.5) is 0 Å². The van der Waals surface area contributed by atoms with E-state index < -0.39 is 0 Å². The molecule has 2 aromatic carbocycles. The van der Waals surface area contributed by atoms with Crippen LogP contribution in [0.1, 0.15) is 80.7 Å². The quantitative estimate of drug-likeness (QED) is 0.621. The second kappa shape index (κ2) is 11.3. The Morgan fingerprint density at radius 2 is 1.19 bits per heavy atom. The van der Waals surface area contributed by atoms with E-state index in [1.807, 2.05) is 0 Å². The maximum absolute atomic E-state index is 3.35. The number of piperidine rings is 2. The van der Waals surface area contributed by atoms with Gasteiger partial charge in [-0.25, -0.2) is 0 Å². The molecule has 0 amide bonds. The van der Waals surface area contributed by atoms with Crippen LogP contribution in [0.2, 0.25) is 0 Å². The highest BCUT2D eigenvalue weighted by atomic mass is 15.2. The number of hydrogen-bond donors (Lipinski definition) is 1. The van der Waals surface area contributed by atoms with E-state index in [1.54, 1.807) is 22.3 Å². The van der Waals surface area contributed by atoms with Gasteiger partial charge in [0.05, 0.1) is 6.04 Å². The van der Waals surface area contributed by atoms with Crippen molar-refractivity contribution in [3.8, 4) is 0 Å². The zero-order chi connectivity index (χ0) is 21.5. The molecule has 0 aromatic heterocycles. The average molecular weight is 419 g/mol. The number of likely N-dealkylation sites (tertiary alicyclic amines) is 1. The molecule has 168 valence electrons. The number of aryl methyl sites for hydroxylation is 2. The molecule has 0 atom stereocenters. The molecule has 2 heteroatoms. The first kappa shape index (κ1) is 22.6. The van der Waals surface area contributed by atoms with E-state index in [2.05, 4.69) is 72.6 Å². The lowest BCUT2D eigenvalue weighted by atomic mass is 9.88. The van der Waals surface area contributed by atoms with Crippen molar-refractivity contribution in [2.45, 2.75) is 71.3 Å². The molecule has 5 rings (SSSR count). The first-order valence-corrected chi connectivity index (χ1v) is 12.9. The normalized spacial score (nSPS) is 20.8. The Hall–Kier alpha value is -1.64. The van der Waals surface area contributed by atoms with Crippen molar-refractivity contribution in [1.82, 2.24) is 10.2 Å². The molecule has 0 radical (unpaired) electrons. The number of benzene rings is 2. The van der Waals surface area contributed by atoms with Crippen LogP contribution in [0.25, 0.3) is 0 Å². The third-order valence-corrected chi connectivity index (χ3v) is 7.99. The van der Waals surface area contributed by atoms with Crippen LogP contribution in [0.3, 0.4) is 0 Å². The van der Waals surface area contributed by atoms with E-state index in [0.717, 1.165) is 11.8 Å². The Morgan fingerprint density at radius 3 is 1.68 bits per heavy atom. The van der Waals surface area contributed by atoms with Gasteiger partial charge in [-0.15, -0.1) is 0 Å². The highest BCUT2D eigenvalue weighted by Crippen LogP contribution is 2.38. The molecule has 0 spiro atoms. The van der Waals surface area contributed by atoms with Crippen molar-refractivity contribution >= 4 is 0 Å². The van der Waals surface area contributed by atoms with E-state index in [9.17, 15) is 0 Å².